The normalized spacial score (nSPS) is 12.1. The summed E-state index contributed by atoms with van der Waals surface area (Å²) in [5, 5.41) is -0.0755. The van der Waals surface area contributed by atoms with Gasteiger partial charge >= 0.3 is 12.1 Å². The first-order valence-electron chi connectivity index (χ1n) is 12.4. The van der Waals surface area contributed by atoms with E-state index in [9.17, 15) is 22.8 Å². The summed E-state index contributed by atoms with van der Waals surface area (Å²) in [5.74, 6) is -2.84. The first kappa shape index (κ1) is 28.3. The highest BCUT2D eigenvalue weighted by Gasteiger charge is 2.41. The van der Waals surface area contributed by atoms with E-state index in [1.807, 2.05) is 6.07 Å². The molecule has 0 aliphatic carbocycles. The number of rotatable bonds is 8. The summed E-state index contributed by atoms with van der Waals surface area (Å²) >= 11 is 0. The molecule has 200 valence electrons. The monoisotopic (exact) mass is 518 g/mol. The number of benzene rings is 2. The van der Waals surface area contributed by atoms with Crippen molar-refractivity contribution in [3.8, 4) is 17.2 Å². The van der Waals surface area contributed by atoms with Crippen LogP contribution in [0.2, 0.25) is 0 Å². The van der Waals surface area contributed by atoms with Crippen LogP contribution in [0.25, 0.3) is 11.0 Å². The van der Waals surface area contributed by atoms with Crippen LogP contribution in [0.4, 0.5) is 13.2 Å². The molecule has 0 radical (unpaired) electrons. The van der Waals surface area contributed by atoms with Gasteiger partial charge in [-0.3, -0.25) is 9.59 Å². The van der Waals surface area contributed by atoms with Gasteiger partial charge in [-0.15, -0.1) is 0 Å². The Morgan fingerprint density at radius 3 is 2.16 bits per heavy atom. The standard InChI is InChI=1S/C29H33F3O5/c1-7-8-9-10-11-19-15-21-23(16-22(19)37-27(34)28(4,5)6)36-26(29(30,31)32)25(24(21)33)35-20-13-17(2)12-18(3)14-20/h12-16H,7-11H2,1-6H3. The molecule has 0 aliphatic heterocycles. The second-order valence-corrected chi connectivity index (χ2v) is 10.4. The lowest BCUT2D eigenvalue weighted by atomic mass is 9.97. The lowest BCUT2D eigenvalue weighted by Gasteiger charge is -2.19. The van der Waals surface area contributed by atoms with Crippen molar-refractivity contribution < 1.29 is 31.9 Å². The maximum absolute atomic E-state index is 14.0. The predicted molar refractivity (Wildman–Crippen MR) is 136 cm³/mol. The highest BCUT2D eigenvalue weighted by atomic mass is 19.4. The molecule has 37 heavy (non-hydrogen) atoms. The van der Waals surface area contributed by atoms with Crippen LogP contribution in [0, 0.1) is 19.3 Å². The van der Waals surface area contributed by atoms with Crippen LogP contribution in [-0.4, -0.2) is 5.97 Å². The molecular formula is C29H33F3O5. The summed E-state index contributed by atoms with van der Waals surface area (Å²) in [7, 11) is 0. The molecule has 0 spiro atoms. The second-order valence-electron chi connectivity index (χ2n) is 10.4. The topological polar surface area (TPSA) is 65.7 Å². The number of unbranched alkanes of at least 4 members (excludes halogenated alkanes) is 3. The number of carbonyl (C=O) groups excluding carboxylic acids is 1. The maximum atomic E-state index is 14.0. The molecule has 0 aliphatic rings. The summed E-state index contributed by atoms with van der Waals surface area (Å²) in [6.07, 6.45) is -0.803. The summed E-state index contributed by atoms with van der Waals surface area (Å²) < 4.78 is 58.3. The average molecular weight is 519 g/mol. The Morgan fingerprint density at radius 2 is 1.59 bits per heavy atom. The number of halogens is 3. The highest BCUT2D eigenvalue weighted by Crippen LogP contribution is 2.40. The van der Waals surface area contributed by atoms with E-state index >= 15 is 0 Å². The molecule has 2 aromatic carbocycles. The summed E-state index contributed by atoms with van der Waals surface area (Å²) in [6, 6.07) is 7.58. The van der Waals surface area contributed by atoms with Crippen molar-refractivity contribution in [2.75, 3.05) is 0 Å². The van der Waals surface area contributed by atoms with Gasteiger partial charge in [-0.2, -0.15) is 13.2 Å². The summed E-state index contributed by atoms with van der Waals surface area (Å²) in [4.78, 5) is 26.0. The fourth-order valence-electron chi connectivity index (χ4n) is 3.92. The van der Waals surface area contributed by atoms with Crippen molar-refractivity contribution in [1.82, 2.24) is 0 Å². The van der Waals surface area contributed by atoms with E-state index in [0.29, 0.717) is 12.0 Å². The molecule has 0 bridgehead atoms. The van der Waals surface area contributed by atoms with E-state index in [1.54, 1.807) is 46.8 Å². The Bertz CT molecular complexity index is 1330. The third-order valence-electron chi connectivity index (χ3n) is 5.82. The minimum Gasteiger partial charge on any atom is -0.449 e. The lowest BCUT2D eigenvalue weighted by molar-refractivity contribution is -0.154. The Morgan fingerprint density at radius 1 is 0.946 bits per heavy atom. The minimum atomic E-state index is -5.00. The number of fused-ring (bicyclic) bond motifs is 1. The second kappa shape index (κ2) is 11.0. The van der Waals surface area contributed by atoms with Crippen LogP contribution in [0.3, 0.4) is 0 Å². The van der Waals surface area contributed by atoms with Crippen LogP contribution in [0.15, 0.2) is 39.5 Å². The van der Waals surface area contributed by atoms with Gasteiger partial charge in [0.1, 0.15) is 17.1 Å². The molecule has 0 saturated heterocycles. The number of aryl methyl sites for hydroxylation is 3. The summed E-state index contributed by atoms with van der Waals surface area (Å²) in [6.45, 7) is 10.7. The molecule has 0 atom stereocenters. The predicted octanol–water partition coefficient (Wildman–Crippen LogP) is 8.30. The third-order valence-corrected chi connectivity index (χ3v) is 5.82. The Hall–Kier alpha value is -3.29. The van der Waals surface area contributed by atoms with E-state index in [4.69, 9.17) is 13.9 Å². The fourth-order valence-corrected chi connectivity index (χ4v) is 3.92. The van der Waals surface area contributed by atoms with Gasteiger partial charge < -0.3 is 13.9 Å². The number of alkyl halides is 3. The zero-order valence-electron chi connectivity index (χ0n) is 22.1. The SMILES string of the molecule is CCCCCCc1cc2c(=O)c(Oc3cc(C)cc(C)c3)c(C(F)(F)F)oc2cc1OC(=O)C(C)(C)C. The minimum absolute atomic E-state index is 0.0755. The van der Waals surface area contributed by atoms with E-state index < -0.39 is 34.5 Å². The largest absolute Gasteiger partial charge is 0.453 e. The van der Waals surface area contributed by atoms with Crippen molar-refractivity contribution in [1.29, 1.82) is 0 Å². The van der Waals surface area contributed by atoms with Gasteiger partial charge in [0.05, 0.1) is 10.8 Å². The zero-order chi connectivity index (χ0) is 27.5. The Balaban J connectivity index is 2.20. The van der Waals surface area contributed by atoms with E-state index in [1.165, 1.54) is 12.1 Å². The molecule has 1 aromatic heterocycles. The zero-order valence-corrected chi connectivity index (χ0v) is 22.1. The molecule has 5 nitrogen and oxygen atoms in total. The van der Waals surface area contributed by atoms with Crippen LogP contribution in [0.5, 0.6) is 17.2 Å². The molecule has 0 fully saturated rings. The molecule has 3 rings (SSSR count). The first-order valence-corrected chi connectivity index (χ1v) is 12.4. The fraction of sp³-hybridized carbons (Fsp3) is 0.448. The van der Waals surface area contributed by atoms with Crippen molar-refractivity contribution in [3.05, 3.63) is 63.0 Å². The molecule has 3 aromatic rings. The van der Waals surface area contributed by atoms with Crippen molar-refractivity contribution in [2.45, 2.75) is 79.8 Å². The van der Waals surface area contributed by atoms with Crippen LogP contribution < -0.4 is 14.9 Å². The van der Waals surface area contributed by atoms with Gasteiger partial charge in [-0.1, -0.05) is 32.3 Å². The quantitative estimate of drug-likeness (QED) is 0.170. The van der Waals surface area contributed by atoms with Crippen LogP contribution in [0.1, 0.15) is 75.8 Å². The van der Waals surface area contributed by atoms with Gasteiger partial charge in [0, 0.05) is 6.07 Å². The molecule has 8 heteroatoms. The van der Waals surface area contributed by atoms with Gasteiger partial charge in [-0.05, 0) is 82.3 Å². The highest BCUT2D eigenvalue weighted by molar-refractivity contribution is 5.84. The number of carbonyl (C=O) groups is 1. The van der Waals surface area contributed by atoms with Crippen molar-refractivity contribution in [2.24, 2.45) is 5.41 Å². The Kier molecular flexibility index (Phi) is 8.40. The molecule has 0 amide bonds. The number of esters is 1. The molecular weight excluding hydrogens is 485 g/mol. The van der Waals surface area contributed by atoms with E-state index in [0.717, 1.165) is 36.8 Å². The third kappa shape index (κ3) is 6.93. The van der Waals surface area contributed by atoms with Gasteiger partial charge in [0.25, 0.3) is 5.76 Å². The average Bonchev–Trinajstić information content (AvgIpc) is 2.77. The maximum Gasteiger partial charge on any atom is 0.453 e. The molecule has 0 saturated carbocycles. The molecule has 0 N–H and O–H groups in total. The number of ether oxygens (including phenoxy) is 2. The van der Waals surface area contributed by atoms with Crippen molar-refractivity contribution >= 4 is 16.9 Å². The van der Waals surface area contributed by atoms with Crippen molar-refractivity contribution in [3.63, 3.8) is 0 Å². The van der Waals surface area contributed by atoms with E-state index in [2.05, 4.69) is 6.92 Å². The molecule has 1 heterocycles. The number of hydrogen-bond donors (Lipinski definition) is 0. The number of hydrogen-bond acceptors (Lipinski definition) is 5. The smallest absolute Gasteiger partial charge is 0.449 e. The van der Waals surface area contributed by atoms with Gasteiger partial charge in [0.2, 0.25) is 11.2 Å². The van der Waals surface area contributed by atoms with Gasteiger partial charge in [-0.25, -0.2) is 0 Å². The van der Waals surface area contributed by atoms with Gasteiger partial charge in [0.15, 0.2) is 0 Å². The lowest BCUT2D eigenvalue weighted by Crippen LogP contribution is -2.26. The summed E-state index contributed by atoms with van der Waals surface area (Å²) in [5.41, 5.74) is -0.0291. The van der Waals surface area contributed by atoms with E-state index in [-0.39, 0.29) is 22.5 Å². The molecule has 0 unspecified atom stereocenters. The van der Waals surface area contributed by atoms with Crippen LogP contribution >= 0.6 is 0 Å². The first-order chi connectivity index (χ1) is 17.2. The Labute approximate surface area is 214 Å². The van der Waals surface area contributed by atoms with Crippen LogP contribution in [-0.2, 0) is 17.4 Å².